The molecule has 0 aliphatic carbocycles. The number of nitrogens with zero attached hydrogens (tertiary/aromatic N) is 1. The van der Waals surface area contributed by atoms with Gasteiger partial charge in [0.1, 0.15) is 11.9 Å². The van der Waals surface area contributed by atoms with Crippen molar-refractivity contribution in [2.75, 3.05) is 25.6 Å². The van der Waals surface area contributed by atoms with Crippen LogP contribution in [0.1, 0.15) is 48.2 Å². The molecule has 2 heterocycles. The number of halogens is 1. The van der Waals surface area contributed by atoms with Crippen molar-refractivity contribution in [2.24, 2.45) is 5.92 Å². The number of fused-ring (bicyclic) bond motifs is 1. The molecule has 0 aromatic heterocycles. The first kappa shape index (κ1) is 27.3. The normalized spacial score (nSPS) is 24.2. The molecule has 2 aromatic carbocycles. The topological polar surface area (TPSA) is 88.1 Å². The fourth-order valence-electron chi connectivity index (χ4n) is 5.66. The van der Waals surface area contributed by atoms with Crippen molar-refractivity contribution in [2.45, 2.75) is 63.1 Å². The Morgan fingerprint density at radius 3 is 2.62 bits per heavy atom. The summed E-state index contributed by atoms with van der Waals surface area (Å²) in [6.45, 7) is 5.71. The van der Waals surface area contributed by atoms with Gasteiger partial charge in [-0.1, -0.05) is 25.1 Å². The van der Waals surface area contributed by atoms with Crippen molar-refractivity contribution in [1.82, 2.24) is 4.90 Å². The number of rotatable bonds is 8. The van der Waals surface area contributed by atoms with Gasteiger partial charge in [-0.15, -0.1) is 0 Å². The van der Waals surface area contributed by atoms with E-state index in [4.69, 9.17) is 9.47 Å². The van der Waals surface area contributed by atoms with Crippen molar-refractivity contribution in [1.29, 1.82) is 0 Å². The van der Waals surface area contributed by atoms with Crippen LogP contribution in [0.3, 0.4) is 0 Å². The molecule has 1 saturated heterocycles. The van der Waals surface area contributed by atoms with Crippen molar-refractivity contribution in [3.63, 3.8) is 0 Å². The van der Waals surface area contributed by atoms with E-state index >= 15 is 4.11 Å². The van der Waals surface area contributed by atoms with Crippen LogP contribution in [0.25, 0.3) is 0 Å². The molecule has 5 atom stereocenters. The number of likely N-dealkylation sites (tertiary alicyclic amines) is 1. The van der Waals surface area contributed by atoms with E-state index in [1.54, 1.807) is 49.4 Å². The quantitative estimate of drug-likeness (QED) is 0.374. The Morgan fingerprint density at radius 1 is 1.24 bits per heavy atom. The highest BCUT2D eigenvalue weighted by atomic mass is 28.4. The maximum atomic E-state index is 15.8. The first-order chi connectivity index (χ1) is 17.6. The fourth-order valence-corrected chi connectivity index (χ4v) is 7.47. The van der Waals surface area contributed by atoms with Crippen LogP contribution in [-0.2, 0) is 9.53 Å². The monoisotopic (exact) mass is 528 g/mol. The van der Waals surface area contributed by atoms with Gasteiger partial charge in [-0.3, -0.25) is 9.59 Å². The van der Waals surface area contributed by atoms with Gasteiger partial charge in [-0.25, -0.2) is 0 Å². The average molecular weight is 529 g/mol. The first-order valence-corrected chi connectivity index (χ1v) is 15.9. The Labute approximate surface area is 219 Å². The predicted molar refractivity (Wildman–Crippen MR) is 143 cm³/mol. The van der Waals surface area contributed by atoms with Gasteiger partial charge >= 0.3 is 0 Å². The molecule has 2 aromatic rings. The fraction of sp³-hybridized carbons (Fsp3) is 0.500. The molecule has 2 aliphatic rings. The third-order valence-electron chi connectivity index (χ3n) is 7.70. The van der Waals surface area contributed by atoms with Crippen LogP contribution in [0.15, 0.2) is 48.5 Å². The second-order valence-electron chi connectivity index (χ2n) is 10.6. The van der Waals surface area contributed by atoms with E-state index in [0.717, 1.165) is 18.4 Å². The van der Waals surface area contributed by atoms with Crippen molar-refractivity contribution >= 4 is 25.9 Å². The summed E-state index contributed by atoms with van der Waals surface area (Å²) in [7, 11) is -1.74. The number of carbonyl (C=O) groups excluding carboxylic acids is 2. The van der Waals surface area contributed by atoms with Crippen molar-refractivity contribution in [3.05, 3.63) is 59.7 Å². The molecule has 4 rings (SSSR count). The minimum atomic E-state index is -3.34. The summed E-state index contributed by atoms with van der Waals surface area (Å²) in [6.07, 6.45) is 0.706. The lowest BCUT2D eigenvalue weighted by Gasteiger charge is -2.43. The number of benzene rings is 2. The first-order valence-electron chi connectivity index (χ1n) is 12.9. The van der Waals surface area contributed by atoms with Gasteiger partial charge in [0.25, 0.3) is 5.91 Å². The highest BCUT2D eigenvalue weighted by Gasteiger charge is 2.49. The number of nitrogens with one attached hydrogen (secondary N) is 1. The molecule has 2 N–H and O–H groups in total. The lowest BCUT2D eigenvalue weighted by atomic mass is 9.86. The molecule has 2 amide bonds. The Kier molecular flexibility index (Phi) is 8.35. The highest BCUT2D eigenvalue weighted by molar-refractivity contribution is 6.72. The summed E-state index contributed by atoms with van der Waals surface area (Å²) in [4.78, 5) is 27.6. The van der Waals surface area contributed by atoms with Gasteiger partial charge < -0.3 is 28.9 Å². The summed E-state index contributed by atoms with van der Waals surface area (Å²) in [5, 5.41) is 12.6. The number of anilines is 1. The van der Waals surface area contributed by atoms with Gasteiger partial charge in [0.05, 0.1) is 18.8 Å². The highest BCUT2D eigenvalue weighted by Crippen LogP contribution is 2.48. The average Bonchev–Trinajstić information content (AvgIpc) is 3.36. The standard InChI is InChI=1S/C28H37FN2O5Si/c1-18-26(35-2)22-15-20(30-28(34)19-9-6-5-7-10-19)12-13-23(22)36-27(18)24(37(3,4)29)16-25(33)31-14-8-11-21(31)17-32/h5-7,9-10,12-13,15,18,21,24,26-27,32H,8,11,14,16-17H2,1-4H3,(H,30,34)/t18-,21-,24?,26-,27-/m0/s1. The van der Waals surface area contributed by atoms with Gasteiger partial charge in [0.15, 0.2) is 0 Å². The second kappa shape index (κ2) is 11.3. The summed E-state index contributed by atoms with van der Waals surface area (Å²) in [5.74, 6) is -0.0128. The molecular weight excluding hydrogens is 491 g/mol. The van der Waals surface area contributed by atoms with E-state index in [1.807, 2.05) is 31.2 Å². The van der Waals surface area contributed by atoms with Crippen LogP contribution in [0.4, 0.5) is 9.80 Å². The van der Waals surface area contributed by atoms with Crippen LogP contribution in [-0.4, -0.2) is 62.6 Å². The van der Waals surface area contributed by atoms with Crippen LogP contribution in [0.2, 0.25) is 18.6 Å². The van der Waals surface area contributed by atoms with Gasteiger partial charge in [-0.2, -0.15) is 0 Å². The molecule has 37 heavy (non-hydrogen) atoms. The maximum Gasteiger partial charge on any atom is 0.255 e. The van der Waals surface area contributed by atoms with E-state index in [9.17, 15) is 14.7 Å². The van der Waals surface area contributed by atoms with Crippen LogP contribution in [0, 0.1) is 5.92 Å². The molecule has 7 nitrogen and oxygen atoms in total. The number of ether oxygens (including phenoxy) is 2. The van der Waals surface area contributed by atoms with Gasteiger partial charge in [0.2, 0.25) is 14.3 Å². The third-order valence-corrected chi connectivity index (χ3v) is 10.0. The minimum absolute atomic E-state index is 0.0399. The van der Waals surface area contributed by atoms with E-state index in [0.29, 0.717) is 23.5 Å². The molecule has 0 saturated carbocycles. The molecule has 0 radical (unpaired) electrons. The molecular formula is C28H37FN2O5Si. The molecule has 0 spiro atoms. The molecule has 0 bridgehead atoms. The summed E-state index contributed by atoms with van der Waals surface area (Å²) >= 11 is 0. The Bertz CT molecular complexity index is 1110. The van der Waals surface area contributed by atoms with Gasteiger partial charge in [0, 0.05) is 48.3 Å². The zero-order valence-corrected chi connectivity index (χ0v) is 22.9. The summed E-state index contributed by atoms with van der Waals surface area (Å²) in [6, 6.07) is 14.1. The van der Waals surface area contributed by atoms with Crippen molar-refractivity contribution in [3.8, 4) is 5.75 Å². The summed E-state index contributed by atoms with van der Waals surface area (Å²) in [5.41, 5.74) is 1.36. The lowest BCUT2D eigenvalue weighted by molar-refractivity contribution is -0.133. The van der Waals surface area contributed by atoms with Crippen molar-refractivity contribution < 1.29 is 28.3 Å². The number of aliphatic hydroxyl groups is 1. The van der Waals surface area contributed by atoms with Crippen LogP contribution in [0.5, 0.6) is 5.75 Å². The smallest absolute Gasteiger partial charge is 0.255 e. The number of hydrogen-bond donors (Lipinski definition) is 2. The number of aliphatic hydroxyl groups excluding tert-OH is 1. The minimum Gasteiger partial charge on any atom is -0.490 e. The maximum absolute atomic E-state index is 15.8. The zero-order chi connectivity index (χ0) is 26.7. The Balaban J connectivity index is 1.57. The Hall–Kier alpha value is -2.75. The largest absolute Gasteiger partial charge is 0.490 e. The van der Waals surface area contributed by atoms with Crippen LogP contribution < -0.4 is 10.1 Å². The zero-order valence-electron chi connectivity index (χ0n) is 21.9. The Morgan fingerprint density at radius 2 is 1.97 bits per heavy atom. The lowest BCUT2D eigenvalue weighted by Crippen LogP contribution is -2.48. The number of hydrogen-bond acceptors (Lipinski definition) is 5. The molecule has 1 unspecified atom stereocenters. The third kappa shape index (κ3) is 5.89. The second-order valence-corrected chi connectivity index (χ2v) is 14.5. The van der Waals surface area contributed by atoms with Gasteiger partial charge in [-0.05, 0) is 56.3 Å². The number of carbonyl (C=O) groups is 2. The van der Waals surface area contributed by atoms with E-state index in [2.05, 4.69) is 5.32 Å². The van der Waals surface area contributed by atoms with E-state index in [1.165, 1.54) is 0 Å². The van der Waals surface area contributed by atoms with E-state index < -0.39 is 26.2 Å². The number of amides is 2. The van der Waals surface area contributed by atoms with E-state index in [-0.39, 0.29) is 36.8 Å². The predicted octanol–water partition coefficient (Wildman–Crippen LogP) is 4.94. The molecule has 9 heteroatoms. The SMILES string of the molecule is CO[C@@H]1c2cc(NC(=O)c3ccccc3)ccc2O[C@H](C(CC(=O)N2CCC[C@H]2CO)[Si](C)(C)F)[C@H]1C. The molecule has 200 valence electrons. The van der Waals surface area contributed by atoms with Crippen LogP contribution >= 0.6 is 0 Å². The molecule has 1 fully saturated rings. The molecule has 2 aliphatic heterocycles. The number of methoxy groups -OCH3 is 1. The summed E-state index contributed by atoms with van der Waals surface area (Å²) < 4.78 is 28.1.